The van der Waals surface area contributed by atoms with Gasteiger partial charge < -0.3 is 0 Å². The van der Waals surface area contributed by atoms with E-state index in [0.717, 1.165) is 10.0 Å². The molecule has 0 aromatic heterocycles. The predicted octanol–water partition coefficient (Wildman–Crippen LogP) is 3.51. The van der Waals surface area contributed by atoms with Gasteiger partial charge in [-0.1, -0.05) is 27.5 Å². The quantitative estimate of drug-likeness (QED) is 0.744. The zero-order valence-corrected chi connectivity index (χ0v) is 10.8. The summed E-state index contributed by atoms with van der Waals surface area (Å²) in [5.74, 6) is -0.0339. The molecule has 0 radical (unpaired) electrons. The summed E-state index contributed by atoms with van der Waals surface area (Å²) in [6, 6.07) is 5.52. The van der Waals surface area contributed by atoms with Crippen LogP contribution >= 0.6 is 27.5 Å². The van der Waals surface area contributed by atoms with Gasteiger partial charge in [0, 0.05) is 22.3 Å². The van der Waals surface area contributed by atoms with Gasteiger partial charge in [0.25, 0.3) is 0 Å². The summed E-state index contributed by atoms with van der Waals surface area (Å²) in [7, 11) is 0. The summed E-state index contributed by atoms with van der Waals surface area (Å²) in [4.78, 5) is 22.8. The number of Topliss-reactive ketones (excluding diaryl/α,β-unsaturated/α-hetero) is 2. The molecule has 1 saturated carbocycles. The Kier molecular flexibility index (Phi) is 3.45. The first-order chi connectivity index (χ1) is 7.56. The van der Waals surface area contributed by atoms with Gasteiger partial charge in [-0.05, 0) is 29.7 Å². The number of benzene rings is 1. The van der Waals surface area contributed by atoms with Crippen LogP contribution in [0.4, 0.5) is 0 Å². The molecule has 4 heteroatoms. The van der Waals surface area contributed by atoms with Crippen molar-refractivity contribution in [3.05, 3.63) is 33.3 Å². The molecule has 0 aliphatic heterocycles. The SMILES string of the molecule is O=C1CC(=O)CC(c2cc(Br)ccc2Cl)C1. The summed E-state index contributed by atoms with van der Waals surface area (Å²) in [5.41, 5.74) is 0.887. The molecule has 1 fully saturated rings. The number of carbonyl (C=O) groups is 2. The lowest BCUT2D eigenvalue weighted by atomic mass is 9.83. The molecule has 0 atom stereocenters. The normalized spacial score (nSPS) is 17.9. The van der Waals surface area contributed by atoms with Crippen LogP contribution in [0.5, 0.6) is 0 Å². The fourth-order valence-corrected chi connectivity index (χ4v) is 2.68. The third-order valence-corrected chi connectivity index (χ3v) is 3.58. The van der Waals surface area contributed by atoms with Gasteiger partial charge in [-0.2, -0.15) is 0 Å². The van der Waals surface area contributed by atoms with E-state index in [4.69, 9.17) is 11.6 Å². The van der Waals surface area contributed by atoms with Crippen LogP contribution in [0.25, 0.3) is 0 Å². The van der Waals surface area contributed by atoms with E-state index in [1.807, 2.05) is 12.1 Å². The lowest BCUT2D eigenvalue weighted by Gasteiger charge is -2.21. The molecule has 0 amide bonds. The smallest absolute Gasteiger partial charge is 0.140 e. The molecule has 16 heavy (non-hydrogen) atoms. The first-order valence-corrected chi connectivity index (χ1v) is 6.21. The van der Waals surface area contributed by atoms with Crippen LogP contribution in [0.15, 0.2) is 22.7 Å². The van der Waals surface area contributed by atoms with Crippen LogP contribution in [0, 0.1) is 0 Å². The van der Waals surface area contributed by atoms with Crippen LogP contribution in [-0.4, -0.2) is 11.6 Å². The molecule has 1 aliphatic rings. The Morgan fingerprint density at radius 1 is 1.19 bits per heavy atom. The average molecular weight is 302 g/mol. The van der Waals surface area contributed by atoms with Crippen molar-refractivity contribution in [3.63, 3.8) is 0 Å². The van der Waals surface area contributed by atoms with Crippen molar-refractivity contribution < 1.29 is 9.59 Å². The average Bonchev–Trinajstić information content (AvgIpc) is 2.20. The monoisotopic (exact) mass is 300 g/mol. The van der Waals surface area contributed by atoms with Crippen molar-refractivity contribution in [1.82, 2.24) is 0 Å². The highest BCUT2D eigenvalue weighted by molar-refractivity contribution is 9.10. The molecule has 0 unspecified atom stereocenters. The molecule has 2 nitrogen and oxygen atoms in total. The van der Waals surface area contributed by atoms with Gasteiger partial charge in [0.2, 0.25) is 0 Å². The second kappa shape index (κ2) is 4.68. The van der Waals surface area contributed by atoms with E-state index < -0.39 is 0 Å². The minimum atomic E-state index is -0.0567. The lowest BCUT2D eigenvalue weighted by molar-refractivity contribution is -0.130. The van der Waals surface area contributed by atoms with Crippen LogP contribution in [0.3, 0.4) is 0 Å². The van der Waals surface area contributed by atoms with E-state index in [-0.39, 0.29) is 23.9 Å². The van der Waals surface area contributed by atoms with Gasteiger partial charge in [0.15, 0.2) is 0 Å². The van der Waals surface area contributed by atoms with Crippen molar-refractivity contribution >= 4 is 39.1 Å². The van der Waals surface area contributed by atoms with Gasteiger partial charge in [0.1, 0.15) is 11.6 Å². The fourth-order valence-electron chi connectivity index (χ4n) is 2.03. The molecular formula is C12H10BrClO2. The Balaban J connectivity index is 2.32. The first-order valence-electron chi connectivity index (χ1n) is 5.04. The maximum absolute atomic E-state index is 11.4. The molecule has 0 saturated heterocycles. The lowest BCUT2D eigenvalue weighted by Crippen LogP contribution is -2.21. The summed E-state index contributed by atoms with van der Waals surface area (Å²) < 4.78 is 0.914. The molecule has 2 rings (SSSR count). The van der Waals surface area contributed by atoms with Crippen molar-refractivity contribution in [2.45, 2.75) is 25.2 Å². The van der Waals surface area contributed by atoms with Crippen molar-refractivity contribution in [3.8, 4) is 0 Å². The third kappa shape index (κ3) is 2.53. The molecule has 1 aromatic carbocycles. The molecule has 0 heterocycles. The second-order valence-corrected chi connectivity index (χ2v) is 5.35. The Bertz CT molecular complexity index is 440. The molecule has 0 spiro atoms. The second-order valence-electron chi connectivity index (χ2n) is 4.03. The number of rotatable bonds is 1. The number of hydrogen-bond acceptors (Lipinski definition) is 2. The Labute approximate surface area is 107 Å². The fraction of sp³-hybridized carbons (Fsp3) is 0.333. The van der Waals surface area contributed by atoms with Crippen LogP contribution in [0.1, 0.15) is 30.7 Å². The van der Waals surface area contributed by atoms with Crippen LogP contribution < -0.4 is 0 Å². The highest BCUT2D eigenvalue weighted by atomic mass is 79.9. The third-order valence-electron chi connectivity index (χ3n) is 2.74. The number of carbonyl (C=O) groups excluding carboxylic acids is 2. The summed E-state index contributed by atoms with van der Waals surface area (Å²) in [5, 5.41) is 0.621. The molecule has 1 aliphatic carbocycles. The van der Waals surface area contributed by atoms with E-state index in [9.17, 15) is 9.59 Å². The Hall–Kier alpha value is -0.670. The highest BCUT2D eigenvalue weighted by Crippen LogP contribution is 2.35. The largest absolute Gasteiger partial charge is 0.299 e. The zero-order chi connectivity index (χ0) is 11.7. The number of ketones is 2. The summed E-state index contributed by atoms with van der Waals surface area (Å²) >= 11 is 9.45. The van der Waals surface area contributed by atoms with Crippen molar-refractivity contribution in [1.29, 1.82) is 0 Å². The highest BCUT2D eigenvalue weighted by Gasteiger charge is 2.27. The van der Waals surface area contributed by atoms with Gasteiger partial charge in [0.05, 0.1) is 6.42 Å². The van der Waals surface area contributed by atoms with Crippen LogP contribution in [-0.2, 0) is 9.59 Å². The van der Waals surface area contributed by atoms with Gasteiger partial charge >= 0.3 is 0 Å². The Morgan fingerprint density at radius 2 is 1.81 bits per heavy atom. The summed E-state index contributed by atoms with van der Waals surface area (Å²) in [6.45, 7) is 0. The summed E-state index contributed by atoms with van der Waals surface area (Å²) in [6.07, 6.45) is 0.923. The number of hydrogen-bond donors (Lipinski definition) is 0. The maximum Gasteiger partial charge on any atom is 0.140 e. The standard InChI is InChI=1S/C12H10BrClO2/c13-8-1-2-12(14)11(5-8)7-3-9(15)6-10(16)4-7/h1-2,5,7H,3-4,6H2. The predicted molar refractivity (Wildman–Crippen MR) is 65.8 cm³/mol. The molecule has 84 valence electrons. The van der Waals surface area contributed by atoms with E-state index in [1.54, 1.807) is 6.07 Å². The van der Waals surface area contributed by atoms with E-state index in [2.05, 4.69) is 15.9 Å². The van der Waals surface area contributed by atoms with Gasteiger partial charge in [-0.15, -0.1) is 0 Å². The van der Waals surface area contributed by atoms with Crippen molar-refractivity contribution in [2.24, 2.45) is 0 Å². The first kappa shape index (κ1) is 11.8. The van der Waals surface area contributed by atoms with E-state index in [0.29, 0.717) is 17.9 Å². The van der Waals surface area contributed by atoms with Gasteiger partial charge in [-0.3, -0.25) is 9.59 Å². The van der Waals surface area contributed by atoms with E-state index >= 15 is 0 Å². The minimum Gasteiger partial charge on any atom is -0.299 e. The molecule has 0 bridgehead atoms. The zero-order valence-electron chi connectivity index (χ0n) is 8.50. The van der Waals surface area contributed by atoms with Crippen LogP contribution in [0.2, 0.25) is 5.02 Å². The van der Waals surface area contributed by atoms with Crippen molar-refractivity contribution in [2.75, 3.05) is 0 Å². The maximum atomic E-state index is 11.4. The topological polar surface area (TPSA) is 34.1 Å². The molecule has 1 aromatic rings. The number of halogens is 2. The van der Waals surface area contributed by atoms with Gasteiger partial charge in [-0.25, -0.2) is 0 Å². The molecule has 0 N–H and O–H groups in total. The minimum absolute atomic E-state index is 0.0114. The Morgan fingerprint density at radius 3 is 2.44 bits per heavy atom. The molecular weight excluding hydrogens is 291 g/mol. The van der Waals surface area contributed by atoms with E-state index in [1.165, 1.54) is 0 Å².